The van der Waals surface area contributed by atoms with Crippen LogP contribution in [0.4, 0.5) is 0 Å². The van der Waals surface area contributed by atoms with Crippen LogP contribution in [0, 0.1) is 0 Å². The first kappa shape index (κ1) is 73.1. The van der Waals surface area contributed by atoms with Crippen molar-refractivity contribution in [1.29, 1.82) is 0 Å². The molecule has 1 unspecified atom stereocenters. The molecule has 0 aliphatic carbocycles. The fourth-order valence-electron chi connectivity index (χ4n) is 8.87. The lowest BCUT2D eigenvalue weighted by molar-refractivity contribution is -0.167. The molecule has 1 atom stereocenters. The first-order valence-corrected chi connectivity index (χ1v) is 32.4. The van der Waals surface area contributed by atoms with Crippen LogP contribution in [0.25, 0.3) is 0 Å². The van der Waals surface area contributed by atoms with E-state index in [1.807, 2.05) is 0 Å². The Morgan fingerprint density at radius 3 is 0.844 bits per heavy atom. The van der Waals surface area contributed by atoms with E-state index in [4.69, 9.17) is 14.2 Å². The molecule has 0 radical (unpaired) electrons. The standard InChI is InChI=1S/C71H120O6/c1-4-7-10-13-16-19-22-24-26-27-28-29-30-31-32-33-34-35-36-37-38-39-40-41-42-43-45-46-49-52-55-58-61-64-70(73)76-67-68(66-75-69(72)63-60-57-54-51-48-21-18-15-12-9-6-3)77-71(74)65-62-59-56-53-50-47-44-25-23-20-17-14-11-8-5-2/h7,10,15-16,18-19,24-26,28-29,31-32,34-35,37-38,44,68H,4-6,8-9,11-14,17,20-23,27,30,33,36,39-43,45-67H2,1-3H3/b10-7-,18-15-,19-16-,26-24-,29-28-,32-31-,35-34-,38-37-,44-25-. The van der Waals surface area contributed by atoms with Gasteiger partial charge in [-0.3, -0.25) is 14.4 Å². The van der Waals surface area contributed by atoms with Crippen LogP contribution in [0.2, 0.25) is 0 Å². The van der Waals surface area contributed by atoms with E-state index in [0.29, 0.717) is 19.3 Å². The third-order valence-corrected chi connectivity index (χ3v) is 13.7. The molecule has 0 heterocycles. The number of ether oxygens (including phenoxy) is 3. The Bertz CT molecular complexity index is 1560. The van der Waals surface area contributed by atoms with Crippen molar-refractivity contribution in [2.24, 2.45) is 0 Å². The number of esters is 3. The number of unbranched alkanes of at least 4 members (excludes halogenated alkanes) is 29. The van der Waals surface area contributed by atoms with Gasteiger partial charge in [-0.05, 0) is 122 Å². The minimum atomic E-state index is -0.787. The number of rotatable bonds is 58. The summed E-state index contributed by atoms with van der Waals surface area (Å²) >= 11 is 0. The Morgan fingerprint density at radius 2 is 0.519 bits per heavy atom. The van der Waals surface area contributed by atoms with E-state index in [1.165, 1.54) is 141 Å². The third kappa shape index (κ3) is 62.8. The first-order valence-electron chi connectivity index (χ1n) is 32.4. The summed E-state index contributed by atoms with van der Waals surface area (Å²) < 4.78 is 16.9. The molecule has 6 heteroatoms. The molecular formula is C71H120O6. The summed E-state index contributed by atoms with van der Waals surface area (Å²) in [5.74, 6) is -0.899. The van der Waals surface area contributed by atoms with E-state index in [1.54, 1.807) is 0 Å². The van der Waals surface area contributed by atoms with Crippen LogP contribution in [-0.2, 0) is 28.6 Å². The molecule has 0 aromatic rings. The highest BCUT2D eigenvalue weighted by Gasteiger charge is 2.19. The van der Waals surface area contributed by atoms with Gasteiger partial charge in [-0.15, -0.1) is 0 Å². The van der Waals surface area contributed by atoms with Crippen molar-refractivity contribution in [2.75, 3.05) is 13.2 Å². The maximum absolute atomic E-state index is 12.9. The summed E-state index contributed by atoms with van der Waals surface area (Å²) in [6.07, 6.45) is 88.2. The number of allylic oxidation sites excluding steroid dienone is 18. The van der Waals surface area contributed by atoms with Crippen LogP contribution in [0.1, 0.15) is 303 Å². The molecule has 0 bridgehead atoms. The van der Waals surface area contributed by atoms with Gasteiger partial charge in [0.05, 0.1) is 0 Å². The van der Waals surface area contributed by atoms with Crippen LogP contribution in [0.15, 0.2) is 109 Å². The van der Waals surface area contributed by atoms with Gasteiger partial charge >= 0.3 is 17.9 Å². The molecule has 0 amide bonds. The summed E-state index contributed by atoms with van der Waals surface area (Å²) in [6.45, 7) is 6.48. The van der Waals surface area contributed by atoms with E-state index in [0.717, 1.165) is 122 Å². The van der Waals surface area contributed by atoms with Gasteiger partial charge in [0.15, 0.2) is 6.10 Å². The molecule has 0 aromatic carbocycles. The average molecular weight is 1070 g/mol. The highest BCUT2D eigenvalue weighted by molar-refractivity contribution is 5.71. The summed E-state index contributed by atoms with van der Waals surface area (Å²) in [5, 5.41) is 0. The zero-order valence-electron chi connectivity index (χ0n) is 50.4. The lowest BCUT2D eigenvalue weighted by Crippen LogP contribution is -2.30. The van der Waals surface area contributed by atoms with Gasteiger partial charge in [0.2, 0.25) is 0 Å². The second-order valence-corrected chi connectivity index (χ2v) is 21.3. The van der Waals surface area contributed by atoms with Gasteiger partial charge < -0.3 is 14.2 Å². The summed E-state index contributed by atoms with van der Waals surface area (Å²) in [7, 11) is 0. The monoisotopic (exact) mass is 1070 g/mol. The highest BCUT2D eigenvalue weighted by atomic mass is 16.6. The van der Waals surface area contributed by atoms with Crippen molar-refractivity contribution in [1.82, 2.24) is 0 Å². The highest BCUT2D eigenvalue weighted by Crippen LogP contribution is 2.16. The fraction of sp³-hybridized carbons (Fsp3) is 0.704. The molecule has 6 nitrogen and oxygen atoms in total. The molecule has 0 aliphatic heterocycles. The molecule has 0 N–H and O–H groups in total. The summed E-state index contributed by atoms with van der Waals surface area (Å²) in [5.41, 5.74) is 0. The van der Waals surface area contributed by atoms with Gasteiger partial charge in [0.25, 0.3) is 0 Å². The number of hydrogen-bond donors (Lipinski definition) is 0. The lowest BCUT2D eigenvalue weighted by atomic mass is 10.0. The fourth-order valence-corrected chi connectivity index (χ4v) is 8.87. The molecule has 440 valence electrons. The van der Waals surface area contributed by atoms with Crippen LogP contribution >= 0.6 is 0 Å². The maximum Gasteiger partial charge on any atom is 0.306 e. The van der Waals surface area contributed by atoms with Crippen LogP contribution < -0.4 is 0 Å². The Hall–Kier alpha value is -3.93. The minimum Gasteiger partial charge on any atom is -0.462 e. The molecular weight excluding hydrogens is 949 g/mol. The quantitative estimate of drug-likeness (QED) is 0.0261. The van der Waals surface area contributed by atoms with E-state index >= 15 is 0 Å². The van der Waals surface area contributed by atoms with E-state index < -0.39 is 6.10 Å². The zero-order valence-corrected chi connectivity index (χ0v) is 50.4. The van der Waals surface area contributed by atoms with Crippen molar-refractivity contribution < 1.29 is 28.6 Å². The molecule has 0 rings (SSSR count). The molecule has 0 aliphatic rings. The van der Waals surface area contributed by atoms with Crippen LogP contribution in [-0.4, -0.2) is 37.2 Å². The van der Waals surface area contributed by atoms with Gasteiger partial charge in [0.1, 0.15) is 13.2 Å². The smallest absolute Gasteiger partial charge is 0.306 e. The van der Waals surface area contributed by atoms with Gasteiger partial charge in [-0.2, -0.15) is 0 Å². The molecule has 0 spiro atoms. The third-order valence-electron chi connectivity index (χ3n) is 13.7. The zero-order chi connectivity index (χ0) is 55.7. The number of carbonyl (C=O) groups is 3. The minimum absolute atomic E-state index is 0.0844. The largest absolute Gasteiger partial charge is 0.462 e. The van der Waals surface area contributed by atoms with Gasteiger partial charge in [-0.25, -0.2) is 0 Å². The van der Waals surface area contributed by atoms with Crippen molar-refractivity contribution in [3.63, 3.8) is 0 Å². The topological polar surface area (TPSA) is 78.9 Å². The lowest BCUT2D eigenvalue weighted by Gasteiger charge is -2.18. The molecule has 0 aromatic heterocycles. The SMILES string of the molecule is CC/C=C\C/C=C\C/C=C\C/C=C\C/C=C\C/C=C\C/C=C\CCCCCCCCCCCCCC(=O)OCC(COC(=O)CCCCCCC/C=C\CCCC)OC(=O)CCCCCCC/C=C\CCCCCCCC. The molecule has 77 heavy (non-hydrogen) atoms. The van der Waals surface area contributed by atoms with Crippen molar-refractivity contribution in [2.45, 2.75) is 309 Å². The Kier molecular flexibility index (Phi) is 61.3. The van der Waals surface area contributed by atoms with E-state index in [-0.39, 0.29) is 31.1 Å². The van der Waals surface area contributed by atoms with Crippen molar-refractivity contribution in [3.8, 4) is 0 Å². The van der Waals surface area contributed by atoms with Crippen molar-refractivity contribution in [3.05, 3.63) is 109 Å². The van der Waals surface area contributed by atoms with Gasteiger partial charge in [0, 0.05) is 19.3 Å². The summed E-state index contributed by atoms with van der Waals surface area (Å²) in [6, 6.07) is 0. The van der Waals surface area contributed by atoms with E-state index in [2.05, 4.69) is 130 Å². The normalized spacial score (nSPS) is 12.8. The Labute approximate surface area is 476 Å². The number of hydrogen-bond acceptors (Lipinski definition) is 6. The van der Waals surface area contributed by atoms with Crippen molar-refractivity contribution >= 4 is 17.9 Å². The second kappa shape index (κ2) is 64.6. The Morgan fingerprint density at radius 1 is 0.273 bits per heavy atom. The van der Waals surface area contributed by atoms with E-state index in [9.17, 15) is 14.4 Å². The maximum atomic E-state index is 12.9. The molecule has 0 fully saturated rings. The van der Waals surface area contributed by atoms with Crippen LogP contribution in [0.5, 0.6) is 0 Å². The predicted octanol–water partition coefficient (Wildman–Crippen LogP) is 22.2. The average Bonchev–Trinajstić information content (AvgIpc) is 3.43. The summed E-state index contributed by atoms with van der Waals surface area (Å²) in [4.78, 5) is 38.2. The number of carbonyl (C=O) groups excluding carboxylic acids is 3. The van der Waals surface area contributed by atoms with Gasteiger partial charge in [-0.1, -0.05) is 271 Å². The molecule has 0 saturated heterocycles. The predicted molar refractivity (Wildman–Crippen MR) is 334 cm³/mol. The molecule has 0 saturated carbocycles. The first-order chi connectivity index (χ1) is 38.0. The Balaban J connectivity index is 4.19. The van der Waals surface area contributed by atoms with Crippen LogP contribution in [0.3, 0.4) is 0 Å². The second-order valence-electron chi connectivity index (χ2n) is 21.3.